The van der Waals surface area contributed by atoms with Crippen molar-refractivity contribution in [2.45, 2.75) is 32.7 Å². The highest BCUT2D eigenvalue weighted by molar-refractivity contribution is 5.92. The first kappa shape index (κ1) is 18.5. The summed E-state index contributed by atoms with van der Waals surface area (Å²) in [5, 5.41) is 0. The van der Waals surface area contributed by atoms with Gasteiger partial charge in [-0.05, 0) is 30.7 Å². The van der Waals surface area contributed by atoms with E-state index >= 15 is 0 Å². The summed E-state index contributed by atoms with van der Waals surface area (Å²) in [7, 11) is 0. The van der Waals surface area contributed by atoms with Crippen molar-refractivity contribution in [1.29, 1.82) is 0 Å². The molecule has 3 aliphatic rings. The lowest BCUT2D eigenvalue weighted by Crippen LogP contribution is -2.49. The molecular weight excluding hydrogens is 338 g/mol. The maximum absolute atomic E-state index is 12.8. The standard InChI is InChI=1S/C22H31N3O2/c1-17-6-5-9-25(15-17)22(27)20-14-19(20)21(26)24-12-10-23(11-13-24)16-18-7-3-2-4-8-18/h2-4,7-8,17,19-20H,5-6,9-16H2,1H3. The number of likely N-dealkylation sites (tertiary alicyclic amines) is 1. The van der Waals surface area contributed by atoms with E-state index in [0.29, 0.717) is 5.92 Å². The monoisotopic (exact) mass is 369 g/mol. The highest BCUT2D eigenvalue weighted by atomic mass is 16.2. The van der Waals surface area contributed by atoms with Crippen LogP contribution < -0.4 is 0 Å². The van der Waals surface area contributed by atoms with Crippen molar-refractivity contribution in [2.75, 3.05) is 39.3 Å². The van der Waals surface area contributed by atoms with E-state index in [9.17, 15) is 9.59 Å². The van der Waals surface area contributed by atoms with Crippen LogP contribution in [-0.4, -0.2) is 65.8 Å². The predicted molar refractivity (Wildman–Crippen MR) is 105 cm³/mol. The zero-order valence-corrected chi connectivity index (χ0v) is 16.3. The molecule has 5 nitrogen and oxygen atoms in total. The lowest BCUT2D eigenvalue weighted by Gasteiger charge is -2.35. The molecule has 27 heavy (non-hydrogen) atoms. The van der Waals surface area contributed by atoms with Crippen LogP contribution in [0.2, 0.25) is 0 Å². The van der Waals surface area contributed by atoms with E-state index in [0.717, 1.165) is 58.7 Å². The van der Waals surface area contributed by atoms with Gasteiger partial charge in [0.05, 0.1) is 11.8 Å². The third kappa shape index (κ3) is 4.34. The minimum atomic E-state index is -0.0598. The predicted octanol–water partition coefficient (Wildman–Crippen LogP) is 2.23. The molecule has 1 saturated carbocycles. The van der Waals surface area contributed by atoms with E-state index in [4.69, 9.17) is 0 Å². The topological polar surface area (TPSA) is 43.9 Å². The van der Waals surface area contributed by atoms with Gasteiger partial charge < -0.3 is 9.80 Å². The summed E-state index contributed by atoms with van der Waals surface area (Å²) in [6.07, 6.45) is 3.07. The third-order valence-corrected chi connectivity index (χ3v) is 6.33. The number of carbonyl (C=O) groups is 2. The van der Waals surface area contributed by atoms with E-state index in [-0.39, 0.29) is 23.7 Å². The lowest BCUT2D eigenvalue weighted by molar-refractivity contribution is -0.139. The summed E-state index contributed by atoms with van der Waals surface area (Å²) < 4.78 is 0. The molecule has 2 heterocycles. The Balaban J connectivity index is 1.24. The Kier molecular flexibility index (Phi) is 5.48. The van der Waals surface area contributed by atoms with E-state index in [1.165, 1.54) is 12.0 Å². The first-order valence-electron chi connectivity index (χ1n) is 10.5. The van der Waals surface area contributed by atoms with E-state index in [1.54, 1.807) is 0 Å². The molecular formula is C22H31N3O2. The fraction of sp³-hybridized carbons (Fsp3) is 0.636. The quantitative estimate of drug-likeness (QED) is 0.817. The Labute approximate surface area is 162 Å². The third-order valence-electron chi connectivity index (χ3n) is 6.33. The molecule has 1 aromatic rings. The highest BCUT2D eigenvalue weighted by Gasteiger charge is 2.51. The smallest absolute Gasteiger partial charge is 0.226 e. The average Bonchev–Trinajstić information content (AvgIpc) is 3.49. The van der Waals surface area contributed by atoms with Crippen LogP contribution in [0.25, 0.3) is 0 Å². The number of hydrogen-bond donors (Lipinski definition) is 0. The number of hydrogen-bond acceptors (Lipinski definition) is 3. The van der Waals surface area contributed by atoms with Crippen molar-refractivity contribution >= 4 is 11.8 Å². The van der Waals surface area contributed by atoms with E-state index < -0.39 is 0 Å². The van der Waals surface area contributed by atoms with Crippen molar-refractivity contribution in [1.82, 2.24) is 14.7 Å². The van der Waals surface area contributed by atoms with Crippen LogP contribution in [0, 0.1) is 17.8 Å². The molecule has 0 N–H and O–H groups in total. The second-order valence-corrected chi connectivity index (χ2v) is 8.57. The molecule has 1 aromatic carbocycles. The van der Waals surface area contributed by atoms with Gasteiger partial charge in [0, 0.05) is 45.8 Å². The summed E-state index contributed by atoms with van der Waals surface area (Å²) in [4.78, 5) is 31.9. The number of rotatable bonds is 4. The fourth-order valence-electron chi connectivity index (χ4n) is 4.57. The van der Waals surface area contributed by atoms with E-state index in [1.807, 2.05) is 15.9 Å². The highest BCUT2D eigenvalue weighted by Crippen LogP contribution is 2.42. The van der Waals surface area contributed by atoms with Gasteiger partial charge in [-0.1, -0.05) is 37.3 Å². The van der Waals surface area contributed by atoms with Crippen LogP contribution in [0.15, 0.2) is 30.3 Å². The van der Waals surface area contributed by atoms with Crippen molar-refractivity contribution in [3.05, 3.63) is 35.9 Å². The van der Waals surface area contributed by atoms with Gasteiger partial charge in [0.1, 0.15) is 0 Å². The Hall–Kier alpha value is -1.88. The van der Waals surface area contributed by atoms with Gasteiger partial charge in [-0.2, -0.15) is 0 Å². The molecule has 3 fully saturated rings. The summed E-state index contributed by atoms with van der Waals surface area (Å²) in [5.74, 6) is 0.911. The lowest BCUT2D eigenvalue weighted by atomic mass is 10.00. The van der Waals surface area contributed by atoms with Gasteiger partial charge in [-0.3, -0.25) is 14.5 Å². The van der Waals surface area contributed by atoms with Crippen molar-refractivity contribution in [3.63, 3.8) is 0 Å². The summed E-state index contributed by atoms with van der Waals surface area (Å²) in [6.45, 7) is 8.29. The zero-order chi connectivity index (χ0) is 18.8. The minimum Gasteiger partial charge on any atom is -0.342 e. The first-order valence-corrected chi connectivity index (χ1v) is 10.5. The van der Waals surface area contributed by atoms with Crippen molar-refractivity contribution in [2.24, 2.45) is 17.8 Å². The number of piperidine rings is 1. The Morgan fingerprint density at radius 3 is 2.26 bits per heavy atom. The number of benzene rings is 1. The molecule has 0 aromatic heterocycles. The second-order valence-electron chi connectivity index (χ2n) is 8.57. The van der Waals surface area contributed by atoms with Gasteiger partial charge in [-0.15, -0.1) is 0 Å². The number of carbonyl (C=O) groups excluding carboxylic acids is 2. The van der Waals surface area contributed by atoms with Gasteiger partial charge in [-0.25, -0.2) is 0 Å². The second kappa shape index (κ2) is 8.01. The molecule has 2 amide bonds. The molecule has 0 spiro atoms. The largest absolute Gasteiger partial charge is 0.342 e. The number of amides is 2. The molecule has 3 unspecified atom stereocenters. The van der Waals surface area contributed by atoms with Crippen molar-refractivity contribution in [3.8, 4) is 0 Å². The van der Waals surface area contributed by atoms with Gasteiger partial charge in [0.15, 0.2) is 0 Å². The van der Waals surface area contributed by atoms with Gasteiger partial charge in [0.25, 0.3) is 0 Å². The summed E-state index contributed by atoms with van der Waals surface area (Å²) in [5.41, 5.74) is 1.32. The SMILES string of the molecule is CC1CCCN(C(=O)C2CC2C(=O)N2CCN(Cc3ccccc3)CC2)C1. The van der Waals surface area contributed by atoms with Crippen LogP contribution in [0.1, 0.15) is 31.7 Å². The number of nitrogens with zero attached hydrogens (tertiary/aromatic N) is 3. The molecule has 5 heteroatoms. The summed E-state index contributed by atoms with van der Waals surface area (Å²) in [6, 6.07) is 10.5. The van der Waals surface area contributed by atoms with Gasteiger partial charge >= 0.3 is 0 Å². The Morgan fingerprint density at radius 2 is 1.59 bits per heavy atom. The van der Waals surface area contributed by atoms with Crippen LogP contribution in [0.3, 0.4) is 0 Å². The van der Waals surface area contributed by atoms with Crippen LogP contribution in [0.4, 0.5) is 0 Å². The maximum atomic E-state index is 12.8. The average molecular weight is 370 g/mol. The zero-order valence-electron chi connectivity index (χ0n) is 16.3. The van der Waals surface area contributed by atoms with Crippen LogP contribution in [0.5, 0.6) is 0 Å². The Bertz CT molecular complexity index is 669. The molecule has 1 aliphatic carbocycles. The minimum absolute atomic E-state index is 0.0508. The molecule has 0 bridgehead atoms. The molecule has 0 radical (unpaired) electrons. The fourth-order valence-corrected chi connectivity index (χ4v) is 4.57. The first-order chi connectivity index (χ1) is 13.1. The van der Waals surface area contributed by atoms with Gasteiger partial charge in [0.2, 0.25) is 11.8 Å². The molecule has 146 valence electrons. The molecule has 2 aliphatic heterocycles. The maximum Gasteiger partial charge on any atom is 0.226 e. The molecule has 4 rings (SSSR count). The van der Waals surface area contributed by atoms with Crippen LogP contribution >= 0.6 is 0 Å². The van der Waals surface area contributed by atoms with E-state index in [2.05, 4.69) is 36.1 Å². The Morgan fingerprint density at radius 1 is 0.926 bits per heavy atom. The van der Waals surface area contributed by atoms with Crippen molar-refractivity contribution < 1.29 is 9.59 Å². The molecule has 3 atom stereocenters. The van der Waals surface area contributed by atoms with Crippen LogP contribution in [-0.2, 0) is 16.1 Å². The normalized spacial score (nSPS) is 28.9. The molecule has 2 saturated heterocycles. The number of piperazine rings is 1. The summed E-state index contributed by atoms with van der Waals surface area (Å²) >= 11 is 0.